The van der Waals surface area contributed by atoms with E-state index in [4.69, 9.17) is 0 Å². The van der Waals surface area contributed by atoms with Crippen LogP contribution in [0.25, 0.3) is 0 Å². The van der Waals surface area contributed by atoms with Crippen molar-refractivity contribution < 1.29 is 9.59 Å². The van der Waals surface area contributed by atoms with E-state index in [0.29, 0.717) is 24.6 Å². The van der Waals surface area contributed by atoms with Crippen molar-refractivity contribution in [3.05, 3.63) is 23.9 Å². The van der Waals surface area contributed by atoms with Gasteiger partial charge in [0.15, 0.2) is 0 Å². The van der Waals surface area contributed by atoms with Crippen molar-refractivity contribution in [2.24, 2.45) is 0 Å². The number of hydrogen-bond acceptors (Lipinski definition) is 4. The van der Waals surface area contributed by atoms with Gasteiger partial charge in [-0.05, 0) is 26.0 Å². The van der Waals surface area contributed by atoms with E-state index in [1.165, 1.54) is 0 Å². The van der Waals surface area contributed by atoms with Crippen molar-refractivity contribution in [2.45, 2.75) is 19.4 Å². The number of pyridine rings is 1. The summed E-state index contributed by atoms with van der Waals surface area (Å²) in [4.78, 5) is 30.1. The number of rotatable bonds is 2. The SMILES string of the molecule is CNc1cccc(C(=O)N2CCNC(=O)C2(C)C)n1. The predicted octanol–water partition coefficient (Wildman–Crippen LogP) is 0.474. The average Bonchev–Trinajstić information content (AvgIpc) is 2.41. The van der Waals surface area contributed by atoms with Crippen LogP contribution in [-0.2, 0) is 4.79 Å². The summed E-state index contributed by atoms with van der Waals surface area (Å²) in [6.07, 6.45) is 0. The van der Waals surface area contributed by atoms with Crippen molar-refractivity contribution >= 4 is 17.6 Å². The van der Waals surface area contributed by atoms with Crippen molar-refractivity contribution in [1.29, 1.82) is 0 Å². The van der Waals surface area contributed by atoms with Gasteiger partial charge in [-0.3, -0.25) is 9.59 Å². The van der Waals surface area contributed by atoms with Gasteiger partial charge in [-0.2, -0.15) is 0 Å². The van der Waals surface area contributed by atoms with Crippen molar-refractivity contribution in [3.8, 4) is 0 Å². The van der Waals surface area contributed by atoms with Crippen LogP contribution in [0.4, 0.5) is 5.82 Å². The van der Waals surface area contributed by atoms with E-state index in [2.05, 4.69) is 15.6 Å². The highest BCUT2D eigenvalue weighted by Crippen LogP contribution is 2.20. The molecule has 1 aliphatic heterocycles. The first-order chi connectivity index (χ1) is 8.96. The maximum atomic E-state index is 12.5. The van der Waals surface area contributed by atoms with Gasteiger partial charge in [-0.1, -0.05) is 6.07 Å². The number of carbonyl (C=O) groups is 2. The number of carbonyl (C=O) groups excluding carboxylic acids is 2. The molecule has 0 bridgehead atoms. The van der Waals surface area contributed by atoms with E-state index in [0.717, 1.165) is 0 Å². The fraction of sp³-hybridized carbons (Fsp3) is 0.462. The first-order valence-corrected chi connectivity index (χ1v) is 6.22. The Bertz CT molecular complexity index is 513. The molecule has 1 fully saturated rings. The van der Waals surface area contributed by atoms with Crippen LogP contribution < -0.4 is 10.6 Å². The van der Waals surface area contributed by atoms with Gasteiger partial charge in [-0.25, -0.2) is 4.98 Å². The normalized spacial score (nSPS) is 17.8. The molecule has 102 valence electrons. The molecule has 0 spiro atoms. The van der Waals surface area contributed by atoms with Gasteiger partial charge in [0.1, 0.15) is 17.1 Å². The van der Waals surface area contributed by atoms with Gasteiger partial charge in [0.25, 0.3) is 5.91 Å². The third-order valence-corrected chi connectivity index (χ3v) is 3.32. The largest absolute Gasteiger partial charge is 0.373 e. The minimum absolute atomic E-state index is 0.142. The average molecular weight is 262 g/mol. The number of aromatic nitrogens is 1. The molecule has 6 nitrogen and oxygen atoms in total. The summed E-state index contributed by atoms with van der Waals surface area (Å²) in [5.74, 6) is 0.263. The molecule has 0 radical (unpaired) electrons. The van der Waals surface area contributed by atoms with Crippen LogP contribution in [-0.4, -0.2) is 47.4 Å². The standard InChI is InChI=1S/C13H18N4O2/c1-13(2)12(19)15-7-8-17(13)11(18)9-5-4-6-10(14-3)16-9/h4-6H,7-8H2,1-3H3,(H,14,16)(H,15,19). The summed E-state index contributed by atoms with van der Waals surface area (Å²) < 4.78 is 0. The van der Waals surface area contributed by atoms with Crippen LogP contribution in [0.2, 0.25) is 0 Å². The van der Waals surface area contributed by atoms with E-state index in [1.807, 2.05) is 0 Å². The van der Waals surface area contributed by atoms with E-state index in [9.17, 15) is 9.59 Å². The molecule has 0 aliphatic carbocycles. The fourth-order valence-electron chi connectivity index (χ4n) is 2.09. The molecule has 1 aliphatic rings. The quantitative estimate of drug-likeness (QED) is 0.812. The molecule has 2 amide bonds. The lowest BCUT2D eigenvalue weighted by atomic mass is 9.98. The van der Waals surface area contributed by atoms with Crippen molar-refractivity contribution in [3.63, 3.8) is 0 Å². The lowest BCUT2D eigenvalue weighted by Crippen LogP contribution is -2.63. The highest BCUT2D eigenvalue weighted by molar-refractivity contribution is 5.98. The Morgan fingerprint density at radius 2 is 2.21 bits per heavy atom. The van der Waals surface area contributed by atoms with Gasteiger partial charge in [0.05, 0.1) is 0 Å². The summed E-state index contributed by atoms with van der Waals surface area (Å²) in [5, 5.41) is 5.66. The summed E-state index contributed by atoms with van der Waals surface area (Å²) in [7, 11) is 1.74. The molecule has 1 saturated heterocycles. The van der Waals surface area contributed by atoms with Gasteiger partial charge < -0.3 is 15.5 Å². The Balaban J connectivity index is 2.30. The van der Waals surface area contributed by atoms with E-state index in [1.54, 1.807) is 44.0 Å². The minimum Gasteiger partial charge on any atom is -0.373 e. The molecular formula is C13H18N4O2. The molecule has 0 atom stereocenters. The van der Waals surface area contributed by atoms with Gasteiger partial charge in [0, 0.05) is 20.1 Å². The number of nitrogens with one attached hydrogen (secondary N) is 2. The van der Waals surface area contributed by atoms with Crippen LogP contribution >= 0.6 is 0 Å². The number of piperazine rings is 1. The molecule has 1 aromatic rings. The Labute approximate surface area is 112 Å². The number of hydrogen-bond donors (Lipinski definition) is 2. The fourth-order valence-corrected chi connectivity index (χ4v) is 2.09. The molecule has 2 rings (SSSR count). The molecule has 19 heavy (non-hydrogen) atoms. The van der Waals surface area contributed by atoms with Gasteiger partial charge in [0.2, 0.25) is 5.91 Å². The second-order valence-corrected chi connectivity index (χ2v) is 4.93. The minimum atomic E-state index is -0.855. The number of anilines is 1. The monoisotopic (exact) mass is 262 g/mol. The van der Waals surface area contributed by atoms with Gasteiger partial charge >= 0.3 is 0 Å². The second kappa shape index (κ2) is 4.87. The smallest absolute Gasteiger partial charge is 0.273 e. The van der Waals surface area contributed by atoms with Crippen LogP contribution in [0.15, 0.2) is 18.2 Å². The van der Waals surface area contributed by atoms with E-state index >= 15 is 0 Å². The summed E-state index contributed by atoms with van der Waals surface area (Å²) in [6.45, 7) is 4.44. The highest BCUT2D eigenvalue weighted by atomic mass is 16.2. The zero-order valence-corrected chi connectivity index (χ0v) is 11.4. The Morgan fingerprint density at radius 1 is 1.47 bits per heavy atom. The third kappa shape index (κ3) is 2.38. The Hall–Kier alpha value is -2.11. The topological polar surface area (TPSA) is 74.3 Å². The number of amides is 2. The molecule has 1 aromatic heterocycles. The van der Waals surface area contributed by atoms with Gasteiger partial charge in [-0.15, -0.1) is 0 Å². The maximum Gasteiger partial charge on any atom is 0.273 e. The molecule has 0 saturated carbocycles. The molecule has 0 unspecified atom stereocenters. The Morgan fingerprint density at radius 3 is 2.89 bits per heavy atom. The van der Waals surface area contributed by atoms with Crippen molar-refractivity contribution in [2.75, 3.05) is 25.5 Å². The predicted molar refractivity (Wildman–Crippen MR) is 71.9 cm³/mol. The van der Waals surface area contributed by atoms with Crippen LogP contribution in [0.1, 0.15) is 24.3 Å². The molecule has 2 heterocycles. The van der Waals surface area contributed by atoms with Crippen LogP contribution in [0, 0.1) is 0 Å². The summed E-state index contributed by atoms with van der Waals surface area (Å²) in [5.41, 5.74) is -0.512. The Kier molecular flexibility index (Phi) is 3.42. The van der Waals surface area contributed by atoms with Crippen LogP contribution in [0.3, 0.4) is 0 Å². The zero-order chi connectivity index (χ0) is 14.0. The third-order valence-electron chi connectivity index (χ3n) is 3.32. The van der Waals surface area contributed by atoms with E-state index in [-0.39, 0.29) is 11.8 Å². The number of nitrogens with zero attached hydrogens (tertiary/aromatic N) is 2. The molecule has 2 N–H and O–H groups in total. The van der Waals surface area contributed by atoms with Crippen molar-refractivity contribution in [1.82, 2.24) is 15.2 Å². The zero-order valence-electron chi connectivity index (χ0n) is 11.4. The molecular weight excluding hydrogens is 244 g/mol. The summed E-state index contributed by atoms with van der Waals surface area (Å²) in [6, 6.07) is 5.21. The lowest BCUT2D eigenvalue weighted by Gasteiger charge is -2.40. The van der Waals surface area contributed by atoms with Crippen LogP contribution in [0.5, 0.6) is 0 Å². The molecule has 0 aromatic carbocycles. The maximum absolute atomic E-state index is 12.5. The first kappa shape index (κ1) is 13.3. The second-order valence-electron chi connectivity index (χ2n) is 4.93. The summed E-state index contributed by atoms with van der Waals surface area (Å²) >= 11 is 0. The lowest BCUT2D eigenvalue weighted by molar-refractivity contribution is -0.133. The first-order valence-electron chi connectivity index (χ1n) is 6.22. The molecule has 6 heteroatoms. The van der Waals surface area contributed by atoms with E-state index < -0.39 is 5.54 Å². The highest BCUT2D eigenvalue weighted by Gasteiger charge is 2.41.